The van der Waals surface area contributed by atoms with E-state index in [1.54, 1.807) is 21.3 Å². The maximum atomic E-state index is 13.8. The molecule has 0 saturated heterocycles. The zero-order chi connectivity index (χ0) is 18.9. The molecule has 0 amide bonds. The van der Waals surface area contributed by atoms with Crippen LogP contribution < -0.4 is 20.1 Å². The summed E-state index contributed by atoms with van der Waals surface area (Å²) in [6.45, 7) is 0.716. The van der Waals surface area contributed by atoms with E-state index in [2.05, 4.69) is 15.6 Å². The van der Waals surface area contributed by atoms with Gasteiger partial charge in [-0.15, -0.1) is 24.0 Å². The molecule has 0 aliphatic rings. The average molecular weight is 484 g/mol. The quantitative estimate of drug-likeness (QED) is 0.374. The second-order valence-electron chi connectivity index (χ2n) is 5.39. The molecule has 8 heteroatoms. The Labute approximate surface area is 175 Å². The van der Waals surface area contributed by atoms with Gasteiger partial charge in [0.2, 0.25) is 0 Å². The van der Waals surface area contributed by atoms with E-state index in [1.165, 1.54) is 18.2 Å². The van der Waals surface area contributed by atoms with Gasteiger partial charge in [-0.2, -0.15) is 5.26 Å². The fourth-order valence-electron chi connectivity index (χ4n) is 2.36. The number of methoxy groups -OCH3 is 2. The molecule has 2 aromatic rings. The van der Waals surface area contributed by atoms with Crippen molar-refractivity contribution in [2.24, 2.45) is 4.99 Å². The van der Waals surface area contributed by atoms with Gasteiger partial charge in [-0.1, -0.05) is 6.07 Å². The number of nitrogens with one attached hydrogen (secondary N) is 2. The molecular formula is C19H22FIN4O2. The van der Waals surface area contributed by atoms with Crippen molar-refractivity contribution in [1.82, 2.24) is 10.6 Å². The third-order valence-corrected chi connectivity index (χ3v) is 3.75. The number of guanidine groups is 1. The molecule has 0 heterocycles. The summed E-state index contributed by atoms with van der Waals surface area (Å²) < 4.78 is 24.3. The summed E-state index contributed by atoms with van der Waals surface area (Å²) in [4.78, 5) is 4.12. The summed E-state index contributed by atoms with van der Waals surface area (Å²) in [6.07, 6.45) is 0. The molecule has 2 N–H and O–H groups in total. The number of hydrogen-bond donors (Lipinski definition) is 2. The fourth-order valence-corrected chi connectivity index (χ4v) is 2.36. The van der Waals surface area contributed by atoms with Gasteiger partial charge >= 0.3 is 0 Å². The molecule has 6 nitrogen and oxygen atoms in total. The van der Waals surface area contributed by atoms with E-state index in [-0.39, 0.29) is 36.3 Å². The third-order valence-electron chi connectivity index (χ3n) is 3.75. The van der Waals surface area contributed by atoms with Crippen molar-refractivity contribution >= 4 is 29.9 Å². The number of ether oxygens (including phenoxy) is 2. The molecule has 2 aromatic carbocycles. The van der Waals surface area contributed by atoms with Gasteiger partial charge < -0.3 is 20.1 Å². The number of nitriles is 1. The molecular weight excluding hydrogens is 462 g/mol. The standard InChI is InChI=1S/C19H21FN4O2.HI/c1-22-19(24-12-15-8-13(10-21)4-6-16(15)20)23-11-14-5-7-17(25-2)18(9-14)26-3;/h4-9H,11-12H2,1-3H3,(H2,22,23,24);1H. The van der Waals surface area contributed by atoms with Crippen molar-refractivity contribution in [3.8, 4) is 17.6 Å². The fraction of sp³-hybridized carbons (Fsp3) is 0.263. The highest BCUT2D eigenvalue weighted by Crippen LogP contribution is 2.27. The first-order valence-electron chi connectivity index (χ1n) is 7.95. The lowest BCUT2D eigenvalue weighted by molar-refractivity contribution is 0.354. The predicted octanol–water partition coefficient (Wildman–Crippen LogP) is 3.20. The van der Waals surface area contributed by atoms with Crippen LogP contribution in [0.2, 0.25) is 0 Å². The molecule has 0 unspecified atom stereocenters. The van der Waals surface area contributed by atoms with Gasteiger partial charge in [-0.25, -0.2) is 4.39 Å². The van der Waals surface area contributed by atoms with Crippen LogP contribution in [0.25, 0.3) is 0 Å². The highest BCUT2D eigenvalue weighted by molar-refractivity contribution is 14.0. The van der Waals surface area contributed by atoms with E-state index in [0.717, 1.165) is 5.56 Å². The topological polar surface area (TPSA) is 78.7 Å². The number of hydrogen-bond acceptors (Lipinski definition) is 4. The van der Waals surface area contributed by atoms with E-state index < -0.39 is 0 Å². The van der Waals surface area contributed by atoms with Gasteiger partial charge in [0.1, 0.15) is 5.82 Å². The third kappa shape index (κ3) is 6.29. The van der Waals surface area contributed by atoms with E-state index in [1.807, 2.05) is 24.3 Å². The maximum absolute atomic E-state index is 13.8. The highest BCUT2D eigenvalue weighted by Gasteiger charge is 2.07. The minimum absolute atomic E-state index is 0. The Balaban J connectivity index is 0.00000364. The van der Waals surface area contributed by atoms with Crippen LogP contribution in [0.5, 0.6) is 11.5 Å². The van der Waals surface area contributed by atoms with E-state index in [0.29, 0.717) is 35.1 Å². The maximum Gasteiger partial charge on any atom is 0.191 e. The van der Waals surface area contributed by atoms with E-state index in [9.17, 15) is 4.39 Å². The van der Waals surface area contributed by atoms with Crippen LogP contribution >= 0.6 is 24.0 Å². The molecule has 144 valence electrons. The predicted molar refractivity (Wildman–Crippen MR) is 113 cm³/mol. The SMILES string of the molecule is CN=C(NCc1ccc(OC)c(OC)c1)NCc1cc(C#N)ccc1F.I. The van der Waals surface area contributed by atoms with Crippen molar-refractivity contribution < 1.29 is 13.9 Å². The first-order valence-corrected chi connectivity index (χ1v) is 7.95. The Morgan fingerprint density at radius 3 is 2.41 bits per heavy atom. The van der Waals surface area contributed by atoms with Crippen LogP contribution in [0, 0.1) is 17.1 Å². The zero-order valence-electron chi connectivity index (χ0n) is 15.4. The first-order chi connectivity index (χ1) is 12.6. The summed E-state index contributed by atoms with van der Waals surface area (Å²) >= 11 is 0. The van der Waals surface area contributed by atoms with Crippen LogP contribution in [0.15, 0.2) is 41.4 Å². The Morgan fingerprint density at radius 2 is 1.78 bits per heavy atom. The molecule has 0 aliphatic carbocycles. The Bertz CT molecular complexity index is 837. The molecule has 2 rings (SSSR count). The Kier molecular flexibility index (Phi) is 9.36. The Morgan fingerprint density at radius 1 is 1.07 bits per heavy atom. The number of nitrogens with zero attached hydrogens (tertiary/aromatic N) is 2. The Hall–Kier alpha value is -2.54. The van der Waals surface area contributed by atoms with Crippen LogP contribution in [0.4, 0.5) is 4.39 Å². The van der Waals surface area contributed by atoms with Crippen LogP contribution in [-0.2, 0) is 13.1 Å². The average Bonchev–Trinajstić information content (AvgIpc) is 2.68. The van der Waals surface area contributed by atoms with Gasteiger partial charge in [-0.05, 0) is 35.9 Å². The van der Waals surface area contributed by atoms with Crippen molar-refractivity contribution in [2.45, 2.75) is 13.1 Å². The zero-order valence-corrected chi connectivity index (χ0v) is 17.7. The molecule has 0 radical (unpaired) electrons. The molecule has 0 spiro atoms. The highest BCUT2D eigenvalue weighted by atomic mass is 127. The van der Waals surface area contributed by atoms with E-state index >= 15 is 0 Å². The number of aliphatic imine (C=N–C) groups is 1. The summed E-state index contributed by atoms with van der Waals surface area (Å²) in [5.74, 6) is 1.45. The van der Waals surface area contributed by atoms with Crippen LogP contribution in [0.1, 0.15) is 16.7 Å². The summed E-state index contributed by atoms with van der Waals surface area (Å²) in [5, 5.41) is 15.1. The minimum atomic E-state index is -0.369. The second kappa shape index (κ2) is 11.2. The summed E-state index contributed by atoms with van der Waals surface area (Å²) in [5.41, 5.74) is 1.79. The molecule has 27 heavy (non-hydrogen) atoms. The van der Waals surface area contributed by atoms with Crippen molar-refractivity contribution in [1.29, 1.82) is 5.26 Å². The van der Waals surface area contributed by atoms with Crippen LogP contribution in [0.3, 0.4) is 0 Å². The second-order valence-corrected chi connectivity index (χ2v) is 5.39. The van der Waals surface area contributed by atoms with Gasteiger partial charge in [0, 0.05) is 25.7 Å². The summed E-state index contributed by atoms with van der Waals surface area (Å²) in [6, 6.07) is 11.9. The van der Waals surface area contributed by atoms with Gasteiger partial charge in [-0.3, -0.25) is 4.99 Å². The molecule has 0 aromatic heterocycles. The normalized spacial score (nSPS) is 10.4. The van der Waals surface area contributed by atoms with Crippen LogP contribution in [-0.4, -0.2) is 27.2 Å². The first kappa shape index (κ1) is 22.5. The van der Waals surface area contributed by atoms with Gasteiger partial charge in [0.15, 0.2) is 17.5 Å². The lowest BCUT2D eigenvalue weighted by atomic mass is 10.1. The summed E-state index contributed by atoms with van der Waals surface area (Å²) in [7, 11) is 4.80. The molecule has 0 saturated carbocycles. The molecule has 0 fully saturated rings. The lowest BCUT2D eigenvalue weighted by Crippen LogP contribution is -2.36. The van der Waals surface area contributed by atoms with Gasteiger partial charge in [0.25, 0.3) is 0 Å². The van der Waals surface area contributed by atoms with Crippen molar-refractivity contribution in [3.05, 3.63) is 58.9 Å². The van der Waals surface area contributed by atoms with E-state index in [4.69, 9.17) is 14.7 Å². The van der Waals surface area contributed by atoms with Gasteiger partial charge in [0.05, 0.1) is 25.9 Å². The number of benzene rings is 2. The number of rotatable bonds is 6. The molecule has 0 aliphatic heterocycles. The lowest BCUT2D eigenvalue weighted by Gasteiger charge is -2.14. The number of halogens is 2. The minimum Gasteiger partial charge on any atom is -0.493 e. The molecule has 0 bridgehead atoms. The van der Waals surface area contributed by atoms with Crippen molar-refractivity contribution in [2.75, 3.05) is 21.3 Å². The largest absolute Gasteiger partial charge is 0.493 e. The smallest absolute Gasteiger partial charge is 0.191 e. The van der Waals surface area contributed by atoms with Crippen molar-refractivity contribution in [3.63, 3.8) is 0 Å². The monoisotopic (exact) mass is 484 g/mol. The molecule has 0 atom stereocenters.